The first-order valence-electron chi connectivity index (χ1n) is 11.7. The average molecular weight is 459 g/mol. The highest BCUT2D eigenvalue weighted by Gasteiger charge is 2.45. The molecule has 0 aliphatic heterocycles. The van der Waals surface area contributed by atoms with Crippen molar-refractivity contribution >= 4 is 27.5 Å². The number of aliphatic hydroxyl groups excluding tert-OH is 1. The van der Waals surface area contributed by atoms with Crippen LogP contribution in [0.15, 0.2) is 65.7 Å². The quantitative estimate of drug-likeness (QED) is 0.367. The number of nitrogens with zero attached hydrogens (tertiary/aromatic N) is 2. The number of benzene rings is 2. The van der Waals surface area contributed by atoms with E-state index in [1.165, 1.54) is 38.9 Å². The molecule has 0 unspecified atom stereocenters. The molecule has 4 aromatic rings. The molecule has 0 saturated heterocycles. The summed E-state index contributed by atoms with van der Waals surface area (Å²) in [6, 6.07) is 15.0. The van der Waals surface area contributed by atoms with E-state index in [-0.39, 0.29) is 17.3 Å². The van der Waals surface area contributed by atoms with E-state index in [4.69, 9.17) is 0 Å². The first-order chi connectivity index (χ1) is 16.0. The molecule has 1 saturated carbocycles. The predicted molar refractivity (Wildman–Crippen MR) is 132 cm³/mol. The standard InChI is InChI=1S/C28H27FN2OS/c1-28-15-19-16-30-31(23-10-8-22(29)9-11-23)26(19)14-21(28)7-6-20(28)13-24(32)12-18-17-33-27-5-3-2-4-25(18)27/h2-5,8-11,14,16-17,20,24,32H,6-7,12-13,15H2,1H3/t20-,24-,28-/m1/s1. The number of fused-ring (bicyclic) bond motifs is 3. The number of halogens is 1. The minimum atomic E-state index is -0.340. The van der Waals surface area contributed by atoms with Crippen molar-refractivity contribution in [3.63, 3.8) is 0 Å². The number of allylic oxidation sites excluding steroid dienone is 1. The Morgan fingerprint density at radius 3 is 2.88 bits per heavy atom. The lowest BCUT2D eigenvalue weighted by molar-refractivity contribution is 0.112. The molecular weight excluding hydrogens is 431 g/mol. The third-order valence-corrected chi connectivity index (χ3v) is 8.81. The van der Waals surface area contributed by atoms with Crippen LogP contribution in [0.1, 0.15) is 43.0 Å². The third-order valence-electron chi connectivity index (χ3n) is 7.80. The van der Waals surface area contributed by atoms with Crippen molar-refractivity contribution in [2.24, 2.45) is 11.3 Å². The molecule has 168 valence electrons. The van der Waals surface area contributed by atoms with E-state index in [1.54, 1.807) is 23.5 Å². The fraction of sp³-hybridized carbons (Fsp3) is 0.321. The Morgan fingerprint density at radius 2 is 2.03 bits per heavy atom. The molecule has 2 heterocycles. The van der Waals surface area contributed by atoms with E-state index in [0.29, 0.717) is 12.3 Å². The van der Waals surface area contributed by atoms with Gasteiger partial charge in [-0.25, -0.2) is 9.07 Å². The molecule has 6 rings (SSSR count). The molecule has 2 aromatic carbocycles. The van der Waals surface area contributed by atoms with Gasteiger partial charge in [0.05, 0.1) is 23.7 Å². The summed E-state index contributed by atoms with van der Waals surface area (Å²) < 4.78 is 16.6. The van der Waals surface area contributed by atoms with Gasteiger partial charge < -0.3 is 5.11 Å². The molecule has 2 aromatic heterocycles. The Bertz CT molecular complexity index is 1350. The summed E-state index contributed by atoms with van der Waals surface area (Å²) in [4.78, 5) is 0. The Balaban J connectivity index is 1.22. The van der Waals surface area contributed by atoms with Crippen LogP contribution in [0.2, 0.25) is 0 Å². The fourth-order valence-electron chi connectivity index (χ4n) is 5.96. The molecule has 3 atom stereocenters. The number of thiophene rings is 1. The van der Waals surface area contributed by atoms with Gasteiger partial charge in [0.2, 0.25) is 0 Å². The van der Waals surface area contributed by atoms with Gasteiger partial charge in [-0.1, -0.05) is 30.7 Å². The largest absolute Gasteiger partial charge is 0.393 e. The molecule has 2 aliphatic rings. The molecule has 0 bridgehead atoms. The highest BCUT2D eigenvalue weighted by atomic mass is 32.1. The minimum absolute atomic E-state index is 0.0569. The second kappa shape index (κ2) is 7.93. The van der Waals surface area contributed by atoms with Crippen LogP contribution in [0.3, 0.4) is 0 Å². The third kappa shape index (κ3) is 3.54. The second-order valence-electron chi connectivity index (χ2n) is 9.79. The van der Waals surface area contributed by atoms with Gasteiger partial charge in [0.25, 0.3) is 0 Å². The SMILES string of the molecule is C[C@]12Cc3cnn(-c4ccc(F)cc4)c3C=C1CC[C@@H]2C[C@H](O)Cc1csc2ccccc12. The van der Waals surface area contributed by atoms with Crippen LogP contribution in [-0.4, -0.2) is 21.0 Å². The molecule has 1 fully saturated rings. The van der Waals surface area contributed by atoms with Gasteiger partial charge in [-0.15, -0.1) is 11.3 Å². The van der Waals surface area contributed by atoms with Crippen LogP contribution in [0.5, 0.6) is 0 Å². The number of rotatable bonds is 5. The molecule has 2 aliphatic carbocycles. The summed E-state index contributed by atoms with van der Waals surface area (Å²) in [6.07, 6.45) is 8.56. The number of hydrogen-bond acceptors (Lipinski definition) is 3. The average Bonchev–Trinajstić information content (AvgIpc) is 3.49. The van der Waals surface area contributed by atoms with Crippen LogP contribution >= 0.6 is 11.3 Å². The number of hydrogen-bond donors (Lipinski definition) is 1. The minimum Gasteiger partial charge on any atom is -0.393 e. The van der Waals surface area contributed by atoms with E-state index in [0.717, 1.165) is 37.1 Å². The molecule has 0 spiro atoms. The molecule has 0 amide bonds. The van der Waals surface area contributed by atoms with Crippen molar-refractivity contribution in [1.82, 2.24) is 9.78 Å². The normalized spacial score (nSPS) is 22.8. The summed E-state index contributed by atoms with van der Waals surface area (Å²) in [6.45, 7) is 2.36. The van der Waals surface area contributed by atoms with Crippen molar-refractivity contribution in [2.45, 2.75) is 45.1 Å². The highest BCUT2D eigenvalue weighted by molar-refractivity contribution is 7.17. The predicted octanol–water partition coefficient (Wildman–Crippen LogP) is 6.58. The summed E-state index contributed by atoms with van der Waals surface area (Å²) in [7, 11) is 0. The maximum Gasteiger partial charge on any atom is 0.123 e. The lowest BCUT2D eigenvalue weighted by Crippen LogP contribution is -2.31. The number of aliphatic hydroxyl groups is 1. The lowest BCUT2D eigenvalue weighted by atomic mass is 9.68. The molecule has 33 heavy (non-hydrogen) atoms. The van der Waals surface area contributed by atoms with Crippen LogP contribution in [0.25, 0.3) is 21.8 Å². The van der Waals surface area contributed by atoms with Gasteiger partial charge in [-0.05, 0) is 102 Å². The zero-order valence-corrected chi connectivity index (χ0v) is 19.5. The van der Waals surface area contributed by atoms with Gasteiger partial charge >= 0.3 is 0 Å². The summed E-state index contributed by atoms with van der Waals surface area (Å²) in [5, 5.41) is 19.2. The van der Waals surface area contributed by atoms with Crippen molar-refractivity contribution < 1.29 is 9.50 Å². The number of aromatic nitrogens is 2. The van der Waals surface area contributed by atoms with Crippen LogP contribution < -0.4 is 0 Å². The Kier molecular flexibility index (Phi) is 5.00. The zero-order valence-electron chi connectivity index (χ0n) is 18.7. The topological polar surface area (TPSA) is 38.0 Å². The molecule has 1 N–H and O–H groups in total. The Hall–Kier alpha value is -2.76. The van der Waals surface area contributed by atoms with Crippen molar-refractivity contribution in [2.75, 3.05) is 0 Å². The van der Waals surface area contributed by atoms with Gasteiger partial charge in [0.15, 0.2) is 0 Å². The molecule has 3 nitrogen and oxygen atoms in total. The highest BCUT2D eigenvalue weighted by Crippen LogP contribution is 2.54. The van der Waals surface area contributed by atoms with Crippen molar-refractivity contribution in [1.29, 1.82) is 0 Å². The van der Waals surface area contributed by atoms with E-state index < -0.39 is 0 Å². The van der Waals surface area contributed by atoms with E-state index in [2.05, 4.69) is 47.7 Å². The second-order valence-corrected chi connectivity index (χ2v) is 10.7. The maximum atomic E-state index is 13.4. The van der Waals surface area contributed by atoms with Crippen LogP contribution in [0.4, 0.5) is 4.39 Å². The van der Waals surface area contributed by atoms with Gasteiger partial charge in [0.1, 0.15) is 5.82 Å². The first kappa shape index (κ1) is 20.8. The monoisotopic (exact) mass is 458 g/mol. The van der Waals surface area contributed by atoms with Crippen LogP contribution in [0, 0.1) is 17.2 Å². The Morgan fingerprint density at radius 1 is 1.21 bits per heavy atom. The van der Waals surface area contributed by atoms with Gasteiger partial charge in [-0.3, -0.25) is 0 Å². The van der Waals surface area contributed by atoms with E-state index >= 15 is 0 Å². The molecule has 0 radical (unpaired) electrons. The summed E-state index contributed by atoms with van der Waals surface area (Å²) >= 11 is 1.76. The van der Waals surface area contributed by atoms with Crippen molar-refractivity contribution in [3.8, 4) is 5.69 Å². The van der Waals surface area contributed by atoms with Crippen molar-refractivity contribution in [3.05, 3.63) is 88.3 Å². The van der Waals surface area contributed by atoms with Gasteiger partial charge in [-0.2, -0.15) is 5.10 Å². The smallest absolute Gasteiger partial charge is 0.123 e. The summed E-state index contributed by atoms with van der Waals surface area (Å²) in [5.74, 6) is 0.212. The molecule has 5 heteroatoms. The van der Waals surface area contributed by atoms with E-state index in [1.807, 2.05) is 10.9 Å². The van der Waals surface area contributed by atoms with E-state index in [9.17, 15) is 9.50 Å². The molecular formula is C28H27FN2OS. The Labute approximate surface area is 197 Å². The lowest BCUT2D eigenvalue weighted by Gasteiger charge is -2.37. The first-order valence-corrected chi connectivity index (χ1v) is 12.6. The zero-order chi connectivity index (χ0) is 22.6. The fourth-order valence-corrected chi connectivity index (χ4v) is 6.93. The van der Waals surface area contributed by atoms with Crippen LogP contribution in [-0.2, 0) is 12.8 Å². The van der Waals surface area contributed by atoms with Gasteiger partial charge in [0, 0.05) is 4.70 Å². The summed E-state index contributed by atoms with van der Waals surface area (Å²) in [5.41, 5.74) is 5.99. The maximum absolute atomic E-state index is 13.4.